The Morgan fingerprint density at radius 3 is 1.18 bits per heavy atom. The minimum absolute atomic E-state index is 0.238. The third-order valence-corrected chi connectivity index (χ3v) is 8.72. The number of unbranched alkanes of at least 4 members (excludes halogenated alkanes) is 10. The molecule has 0 fully saturated rings. The summed E-state index contributed by atoms with van der Waals surface area (Å²) in [7, 11) is 0. The van der Waals surface area contributed by atoms with Gasteiger partial charge in [-0.25, -0.2) is 0 Å². The Morgan fingerprint density at radius 1 is 0.447 bits per heavy atom. The zero-order valence-corrected chi connectivity index (χ0v) is 26.4. The molecule has 0 aliphatic carbocycles. The van der Waals surface area contributed by atoms with E-state index < -0.39 is 0 Å². The van der Waals surface area contributed by atoms with E-state index in [2.05, 4.69) is 102 Å². The molecule has 0 unspecified atom stereocenters. The average molecular weight is 520 g/mol. The molecule has 0 bridgehead atoms. The number of nitrogens with zero attached hydrogens (tertiary/aromatic N) is 1. The van der Waals surface area contributed by atoms with Gasteiger partial charge in [-0.3, -0.25) is 0 Å². The van der Waals surface area contributed by atoms with Gasteiger partial charge in [-0.1, -0.05) is 150 Å². The van der Waals surface area contributed by atoms with Gasteiger partial charge in [0.1, 0.15) is 0 Å². The van der Waals surface area contributed by atoms with Crippen molar-refractivity contribution >= 4 is 11.4 Å². The van der Waals surface area contributed by atoms with Crippen LogP contribution in [0.15, 0.2) is 48.5 Å². The van der Waals surface area contributed by atoms with Crippen LogP contribution in [0.3, 0.4) is 0 Å². The molecule has 0 aliphatic rings. The minimum atomic E-state index is 0.238. The van der Waals surface area contributed by atoms with Crippen molar-refractivity contribution in [2.75, 3.05) is 11.4 Å². The van der Waals surface area contributed by atoms with Gasteiger partial charge in [-0.15, -0.1) is 0 Å². The van der Waals surface area contributed by atoms with Crippen LogP contribution in [0.25, 0.3) is 0 Å². The molecule has 0 saturated heterocycles. The molecule has 2 aromatic rings. The van der Waals surface area contributed by atoms with Crippen molar-refractivity contribution in [3.63, 3.8) is 0 Å². The van der Waals surface area contributed by atoms with Gasteiger partial charge < -0.3 is 4.90 Å². The molecule has 0 aromatic heterocycles. The lowest BCUT2D eigenvalue weighted by Gasteiger charge is -2.30. The van der Waals surface area contributed by atoms with Crippen molar-refractivity contribution in [1.29, 1.82) is 0 Å². The maximum atomic E-state index is 2.56. The van der Waals surface area contributed by atoms with E-state index in [-0.39, 0.29) is 10.8 Å². The summed E-state index contributed by atoms with van der Waals surface area (Å²) in [4.78, 5) is 2.56. The van der Waals surface area contributed by atoms with E-state index >= 15 is 0 Å². The summed E-state index contributed by atoms with van der Waals surface area (Å²) in [6.45, 7) is 17.6. The molecule has 2 aromatic carbocycles. The van der Waals surface area contributed by atoms with Crippen LogP contribution in [0, 0.1) is 0 Å². The highest BCUT2D eigenvalue weighted by Gasteiger charge is 2.22. The van der Waals surface area contributed by atoms with E-state index in [1.165, 1.54) is 119 Å². The predicted molar refractivity (Wildman–Crippen MR) is 172 cm³/mol. The summed E-state index contributed by atoms with van der Waals surface area (Å²) < 4.78 is 0. The summed E-state index contributed by atoms with van der Waals surface area (Å²) >= 11 is 0. The maximum Gasteiger partial charge on any atom is 0.0410 e. The molecule has 0 amide bonds. The molecule has 38 heavy (non-hydrogen) atoms. The second kappa shape index (κ2) is 17.0. The van der Waals surface area contributed by atoms with Crippen molar-refractivity contribution < 1.29 is 0 Å². The van der Waals surface area contributed by atoms with E-state index in [9.17, 15) is 0 Å². The van der Waals surface area contributed by atoms with Crippen LogP contribution < -0.4 is 4.90 Å². The first-order valence-electron chi connectivity index (χ1n) is 16.2. The minimum Gasteiger partial charge on any atom is -0.341 e. The molecule has 0 N–H and O–H groups in total. The predicted octanol–water partition coefficient (Wildman–Crippen LogP) is 12.3. The Kier molecular flexibility index (Phi) is 14.6. The van der Waals surface area contributed by atoms with E-state index in [1.54, 1.807) is 0 Å². The first kappa shape index (κ1) is 32.5. The highest BCUT2D eigenvalue weighted by molar-refractivity contribution is 5.64. The van der Waals surface area contributed by atoms with Crippen LogP contribution in [0.4, 0.5) is 11.4 Å². The fourth-order valence-corrected chi connectivity index (χ4v) is 5.74. The molecule has 0 radical (unpaired) electrons. The van der Waals surface area contributed by atoms with Gasteiger partial charge in [0.25, 0.3) is 0 Å². The highest BCUT2D eigenvalue weighted by Crippen LogP contribution is 2.35. The molecule has 0 atom stereocenters. The summed E-state index contributed by atoms with van der Waals surface area (Å²) in [6, 6.07) is 19.1. The normalized spacial score (nSPS) is 12.2. The number of anilines is 2. The lowest BCUT2D eigenvalue weighted by Crippen LogP contribution is -2.21. The smallest absolute Gasteiger partial charge is 0.0410 e. The van der Waals surface area contributed by atoms with E-state index in [0.717, 1.165) is 6.54 Å². The Bertz CT molecular complexity index is 793. The van der Waals surface area contributed by atoms with Gasteiger partial charge in [-0.2, -0.15) is 0 Å². The molecule has 0 aliphatic heterocycles. The largest absolute Gasteiger partial charge is 0.341 e. The molecular weight excluding hydrogens is 458 g/mol. The number of hydrogen-bond acceptors (Lipinski definition) is 1. The summed E-state index contributed by atoms with van der Waals surface area (Å²) in [5.41, 5.74) is 6.08. The van der Waals surface area contributed by atoms with Gasteiger partial charge in [0.2, 0.25) is 0 Å². The van der Waals surface area contributed by atoms with Gasteiger partial charge in [-0.05, 0) is 65.5 Å². The van der Waals surface area contributed by atoms with Crippen molar-refractivity contribution in [3.8, 4) is 0 Å². The van der Waals surface area contributed by atoms with Crippen LogP contribution in [-0.2, 0) is 10.8 Å². The molecule has 214 valence electrons. The Balaban J connectivity index is 2.17. The van der Waals surface area contributed by atoms with E-state index in [1.807, 2.05) is 0 Å². The first-order valence-corrected chi connectivity index (χ1v) is 16.2. The first-order chi connectivity index (χ1) is 18.2. The molecule has 1 nitrogen and oxygen atoms in total. The monoisotopic (exact) mass is 519 g/mol. The zero-order valence-electron chi connectivity index (χ0n) is 26.4. The van der Waals surface area contributed by atoms with Crippen LogP contribution >= 0.6 is 0 Å². The van der Waals surface area contributed by atoms with Gasteiger partial charge >= 0.3 is 0 Å². The average Bonchev–Trinajstić information content (AvgIpc) is 2.91. The van der Waals surface area contributed by atoms with Crippen molar-refractivity contribution in [3.05, 3.63) is 59.7 Å². The Labute approximate surface area is 237 Å². The standard InChI is InChI=1S/C37H61N/c1-8-11-14-15-16-17-20-31-38(34-25-21-32(22-26-34)36(4,5)29-18-12-9-2)35-27-23-33(24-28-35)37(6,7)30-19-13-10-3/h21-28H,8-20,29-31H2,1-7H3. The number of benzene rings is 2. The third-order valence-electron chi connectivity index (χ3n) is 8.72. The quantitative estimate of drug-likeness (QED) is 0.157. The SMILES string of the molecule is CCCCCCCCCN(c1ccc(C(C)(C)CCCCC)cc1)c1ccc(C(C)(C)CCCCC)cc1. The van der Waals surface area contributed by atoms with Crippen LogP contribution in [-0.4, -0.2) is 6.54 Å². The second-order valence-corrected chi connectivity index (χ2v) is 13.0. The van der Waals surface area contributed by atoms with Crippen molar-refractivity contribution in [1.82, 2.24) is 0 Å². The summed E-state index contributed by atoms with van der Waals surface area (Å²) in [5, 5.41) is 0. The molecule has 2 rings (SSSR count). The highest BCUT2D eigenvalue weighted by atomic mass is 15.1. The van der Waals surface area contributed by atoms with Crippen LogP contribution in [0.2, 0.25) is 0 Å². The van der Waals surface area contributed by atoms with Gasteiger partial charge in [0.05, 0.1) is 0 Å². The van der Waals surface area contributed by atoms with Gasteiger partial charge in [0.15, 0.2) is 0 Å². The lowest BCUT2D eigenvalue weighted by atomic mass is 9.80. The Morgan fingerprint density at radius 2 is 0.789 bits per heavy atom. The molecular formula is C37H61N. The number of rotatable bonds is 20. The zero-order chi connectivity index (χ0) is 27.9. The fourth-order valence-electron chi connectivity index (χ4n) is 5.74. The maximum absolute atomic E-state index is 2.56. The molecule has 0 heterocycles. The van der Waals surface area contributed by atoms with Gasteiger partial charge in [0, 0.05) is 17.9 Å². The topological polar surface area (TPSA) is 3.24 Å². The van der Waals surface area contributed by atoms with E-state index in [0.29, 0.717) is 0 Å². The fraction of sp³-hybridized carbons (Fsp3) is 0.676. The van der Waals surface area contributed by atoms with Crippen molar-refractivity contribution in [2.45, 2.75) is 156 Å². The molecule has 0 spiro atoms. The Hall–Kier alpha value is -1.76. The third kappa shape index (κ3) is 10.8. The summed E-state index contributed by atoms with van der Waals surface area (Å²) in [5.74, 6) is 0. The second-order valence-electron chi connectivity index (χ2n) is 13.0. The van der Waals surface area contributed by atoms with Crippen molar-refractivity contribution in [2.24, 2.45) is 0 Å². The van der Waals surface area contributed by atoms with Crippen LogP contribution in [0.1, 0.15) is 156 Å². The summed E-state index contributed by atoms with van der Waals surface area (Å²) in [6.07, 6.45) is 19.8. The van der Waals surface area contributed by atoms with Crippen LogP contribution in [0.5, 0.6) is 0 Å². The molecule has 1 heteroatoms. The molecule has 0 saturated carbocycles. The lowest BCUT2D eigenvalue weighted by molar-refractivity contribution is 0.450. The van der Waals surface area contributed by atoms with E-state index in [4.69, 9.17) is 0 Å². The number of hydrogen-bond donors (Lipinski definition) is 0.